The number of non-ortho nitro benzene ring substituents is 1. The number of phenols is 1. The molecule has 1 saturated heterocycles. The number of carbonyl (C=O) groups excluding carboxylic acids is 2. The molecule has 22 heavy (non-hydrogen) atoms. The van der Waals surface area contributed by atoms with Crippen LogP contribution in [0, 0.1) is 27.9 Å². The highest BCUT2D eigenvalue weighted by atomic mass is 16.6. The fourth-order valence-corrected chi connectivity index (χ4v) is 3.20. The largest absolute Gasteiger partial charge is 0.505 e. The van der Waals surface area contributed by atoms with Gasteiger partial charge in [-0.2, -0.15) is 0 Å². The Morgan fingerprint density at radius 1 is 1.32 bits per heavy atom. The lowest BCUT2D eigenvalue weighted by molar-refractivity contribution is -0.384. The summed E-state index contributed by atoms with van der Waals surface area (Å²) in [6, 6.07) is 3.34. The van der Waals surface area contributed by atoms with Gasteiger partial charge in [0.1, 0.15) is 5.75 Å². The quantitative estimate of drug-likeness (QED) is 0.390. The van der Waals surface area contributed by atoms with Gasteiger partial charge < -0.3 is 5.11 Å². The monoisotopic (exact) mass is 302 g/mol. The van der Waals surface area contributed by atoms with Crippen molar-refractivity contribution in [1.82, 2.24) is 0 Å². The van der Waals surface area contributed by atoms with Crippen molar-refractivity contribution in [2.24, 2.45) is 17.8 Å². The maximum absolute atomic E-state index is 12.6. The number of amides is 2. The van der Waals surface area contributed by atoms with E-state index in [1.807, 2.05) is 19.1 Å². The van der Waals surface area contributed by atoms with Gasteiger partial charge in [0, 0.05) is 6.07 Å². The number of rotatable bonds is 2. The zero-order valence-corrected chi connectivity index (χ0v) is 11.8. The molecule has 1 heterocycles. The molecule has 2 aliphatic rings. The molecule has 1 fully saturated rings. The Kier molecular flexibility index (Phi) is 3.20. The molecule has 1 N–H and O–H groups in total. The minimum atomic E-state index is -0.650. The van der Waals surface area contributed by atoms with Gasteiger partial charge in [0.15, 0.2) is 0 Å². The Bertz CT molecular complexity index is 712. The van der Waals surface area contributed by atoms with E-state index in [0.29, 0.717) is 6.42 Å². The van der Waals surface area contributed by atoms with Crippen molar-refractivity contribution in [3.05, 3.63) is 40.5 Å². The highest BCUT2D eigenvalue weighted by Gasteiger charge is 2.51. The lowest BCUT2D eigenvalue weighted by atomic mass is 9.78. The zero-order chi connectivity index (χ0) is 16.0. The predicted octanol–water partition coefficient (Wildman–Crippen LogP) is 2.00. The van der Waals surface area contributed by atoms with Crippen LogP contribution in [0.3, 0.4) is 0 Å². The number of aromatic hydroxyl groups is 1. The summed E-state index contributed by atoms with van der Waals surface area (Å²) in [5.74, 6) is -2.10. The lowest BCUT2D eigenvalue weighted by Crippen LogP contribution is -2.31. The van der Waals surface area contributed by atoms with Crippen LogP contribution in [0.25, 0.3) is 0 Å². The molecule has 3 atom stereocenters. The van der Waals surface area contributed by atoms with Crippen LogP contribution in [0.4, 0.5) is 11.4 Å². The second kappa shape index (κ2) is 4.94. The van der Waals surface area contributed by atoms with Gasteiger partial charge in [-0.3, -0.25) is 19.7 Å². The van der Waals surface area contributed by atoms with Crippen molar-refractivity contribution in [1.29, 1.82) is 0 Å². The number of fused-ring (bicyclic) bond motifs is 1. The van der Waals surface area contributed by atoms with Crippen LogP contribution in [0.15, 0.2) is 30.4 Å². The first kappa shape index (κ1) is 14.2. The molecule has 0 spiro atoms. The number of hydrogen-bond donors (Lipinski definition) is 1. The smallest absolute Gasteiger partial charge is 0.273 e. The topological polar surface area (TPSA) is 101 Å². The van der Waals surface area contributed by atoms with Crippen molar-refractivity contribution >= 4 is 23.2 Å². The molecular weight excluding hydrogens is 288 g/mol. The fourth-order valence-electron chi connectivity index (χ4n) is 3.20. The van der Waals surface area contributed by atoms with E-state index in [-0.39, 0.29) is 29.1 Å². The van der Waals surface area contributed by atoms with Crippen LogP contribution in [0.5, 0.6) is 5.75 Å². The molecular formula is C15H14N2O5. The van der Waals surface area contributed by atoms with Crippen molar-refractivity contribution in [3.63, 3.8) is 0 Å². The minimum Gasteiger partial charge on any atom is -0.505 e. The zero-order valence-electron chi connectivity index (χ0n) is 11.8. The number of allylic oxidation sites excluding steroid dienone is 2. The predicted molar refractivity (Wildman–Crippen MR) is 77.2 cm³/mol. The van der Waals surface area contributed by atoms with E-state index in [2.05, 4.69) is 0 Å². The maximum Gasteiger partial charge on any atom is 0.273 e. The molecule has 7 heteroatoms. The molecule has 0 radical (unpaired) electrons. The van der Waals surface area contributed by atoms with Crippen LogP contribution in [-0.2, 0) is 9.59 Å². The number of nitro benzene ring substituents is 1. The molecule has 114 valence electrons. The van der Waals surface area contributed by atoms with Crippen molar-refractivity contribution in [3.8, 4) is 5.75 Å². The summed E-state index contributed by atoms with van der Waals surface area (Å²) in [6.07, 6.45) is 4.28. The van der Waals surface area contributed by atoms with Gasteiger partial charge >= 0.3 is 0 Å². The van der Waals surface area contributed by atoms with Gasteiger partial charge in [-0.1, -0.05) is 19.1 Å². The third-order valence-electron chi connectivity index (χ3n) is 4.28. The second-order valence-electron chi connectivity index (χ2n) is 5.60. The molecule has 1 aliphatic heterocycles. The standard InChI is InChI=1S/C15H14N2O5/c1-8-3-2-4-10-13(8)15(20)16(14(10)19)11-6-5-9(17(21)22)7-12(11)18/h2-3,5-8,10,13,18H,4H2,1H3/t8-,10+,13+/m1/s1. The third-order valence-corrected chi connectivity index (χ3v) is 4.28. The number of benzene rings is 1. The second-order valence-corrected chi connectivity index (χ2v) is 5.60. The van der Waals surface area contributed by atoms with E-state index in [4.69, 9.17) is 0 Å². The molecule has 7 nitrogen and oxygen atoms in total. The summed E-state index contributed by atoms with van der Waals surface area (Å²) in [6.45, 7) is 1.87. The summed E-state index contributed by atoms with van der Waals surface area (Å²) in [5, 5.41) is 20.7. The number of nitrogens with zero attached hydrogens (tertiary/aromatic N) is 2. The van der Waals surface area contributed by atoms with E-state index in [1.165, 1.54) is 12.1 Å². The fraction of sp³-hybridized carbons (Fsp3) is 0.333. The summed E-state index contributed by atoms with van der Waals surface area (Å²) < 4.78 is 0. The molecule has 0 aromatic heterocycles. The summed E-state index contributed by atoms with van der Waals surface area (Å²) in [7, 11) is 0. The number of phenolic OH excluding ortho intramolecular Hbond substituents is 1. The van der Waals surface area contributed by atoms with Crippen LogP contribution < -0.4 is 4.90 Å². The Hall–Kier alpha value is -2.70. The van der Waals surface area contributed by atoms with Crippen LogP contribution in [0.1, 0.15) is 13.3 Å². The Morgan fingerprint density at radius 3 is 2.64 bits per heavy atom. The van der Waals surface area contributed by atoms with E-state index in [0.717, 1.165) is 11.0 Å². The van der Waals surface area contributed by atoms with Gasteiger partial charge in [-0.15, -0.1) is 0 Å². The highest BCUT2D eigenvalue weighted by molar-refractivity contribution is 6.23. The Labute approximate surface area is 126 Å². The van der Waals surface area contributed by atoms with Crippen LogP contribution in [-0.4, -0.2) is 21.8 Å². The Morgan fingerprint density at radius 2 is 2.05 bits per heavy atom. The minimum absolute atomic E-state index is 0.00204. The van der Waals surface area contributed by atoms with Crippen molar-refractivity contribution in [2.45, 2.75) is 13.3 Å². The molecule has 0 bridgehead atoms. The van der Waals surface area contributed by atoms with Crippen molar-refractivity contribution < 1.29 is 19.6 Å². The average Bonchev–Trinajstić information content (AvgIpc) is 2.72. The first-order valence-corrected chi connectivity index (χ1v) is 6.93. The first-order chi connectivity index (χ1) is 10.4. The number of carbonyl (C=O) groups is 2. The van der Waals surface area contributed by atoms with Gasteiger partial charge in [-0.25, -0.2) is 4.90 Å². The van der Waals surface area contributed by atoms with E-state index >= 15 is 0 Å². The molecule has 1 aliphatic carbocycles. The number of imide groups is 1. The van der Waals surface area contributed by atoms with Crippen LogP contribution in [0.2, 0.25) is 0 Å². The molecule has 1 aromatic rings. The average molecular weight is 302 g/mol. The summed E-state index contributed by atoms with van der Waals surface area (Å²) >= 11 is 0. The van der Waals surface area contributed by atoms with Gasteiger partial charge in [-0.05, 0) is 18.4 Å². The lowest BCUT2D eigenvalue weighted by Gasteiger charge is -2.22. The normalized spacial score (nSPS) is 27.1. The number of hydrogen-bond acceptors (Lipinski definition) is 5. The SMILES string of the molecule is C[C@@H]1C=CC[C@@H]2C(=O)N(c3ccc([N+](=O)[O-])cc3O)C(=O)[C@@H]12. The van der Waals surface area contributed by atoms with Gasteiger partial charge in [0.05, 0.1) is 28.5 Å². The van der Waals surface area contributed by atoms with Crippen molar-refractivity contribution in [2.75, 3.05) is 4.90 Å². The summed E-state index contributed by atoms with van der Waals surface area (Å²) in [5.41, 5.74) is -0.296. The maximum atomic E-state index is 12.6. The summed E-state index contributed by atoms with van der Waals surface area (Å²) in [4.78, 5) is 36.1. The van der Waals surface area contributed by atoms with Gasteiger partial charge in [0.2, 0.25) is 11.8 Å². The Balaban J connectivity index is 2.01. The van der Waals surface area contributed by atoms with E-state index < -0.39 is 22.5 Å². The highest BCUT2D eigenvalue weighted by Crippen LogP contribution is 2.43. The van der Waals surface area contributed by atoms with E-state index in [1.54, 1.807) is 0 Å². The third kappa shape index (κ3) is 1.97. The number of anilines is 1. The van der Waals surface area contributed by atoms with Gasteiger partial charge in [0.25, 0.3) is 5.69 Å². The molecule has 0 saturated carbocycles. The van der Waals surface area contributed by atoms with Crippen LogP contribution >= 0.6 is 0 Å². The molecule has 1 aromatic carbocycles. The van der Waals surface area contributed by atoms with E-state index in [9.17, 15) is 24.8 Å². The molecule has 2 amide bonds. The first-order valence-electron chi connectivity index (χ1n) is 6.93. The molecule has 0 unspecified atom stereocenters. The number of nitro groups is 1. The molecule has 3 rings (SSSR count).